The van der Waals surface area contributed by atoms with Gasteiger partial charge in [0.1, 0.15) is 23.9 Å². The molecule has 1 N–H and O–H groups in total. The molecule has 0 spiro atoms. The molecule has 2 heterocycles. The van der Waals surface area contributed by atoms with Crippen LogP contribution in [0.25, 0.3) is 22.4 Å². The van der Waals surface area contributed by atoms with Gasteiger partial charge < -0.3 is 14.5 Å². The van der Waals surface area contributed by atoms with Gasteiger partial charge in [-0.2, -0.15) is 0 Å². The molecule has 0 fully saturated rings. The first-order valence-corrected chi connectivity index (χ1v) is 6.94. The number of terminal acetylenes is 1. The molecular formula is C17H15N3O2. The van der Waals surface area contributed by atoms with Crippen LogP contribution in [0.1, 0.15) is 6.92 Å². The summed E-state index contributed by atoms with van der Waals surface area (Å²) in [6, 6.07) is 7.47. The van der Waals surface area contributed by atoms with Gasteiger partial charge in [0.05, 0.1) is 23.8 Å². The van der Waals surface area contributed by atoms with E-state index >= 15 is 0 Å². The molecule has 0 aliphatic rings. The molecule has 0 aliphatic carbocycles. The van der Waals surface area contributed by atoms with Crippen LogP contribution in [0.5, 0.6) is 11.5 Å². The van der Waals surface area contributed by atoms with Crippen molar-refractivity contribution in [3.8, 4) is 35.2 Å². The number of hydrogen-bond donors (Lipinski definition) is 1. The highest BCUT2D eigenvalue weighted by Gasteiger charge is 2.09. The molecule has 0 radical (unpaired) electrons. The van der Waals surface area contributed by atoms with Gasteiger partial charge in [0.15, 0.2) is 0 Å². The van der Waals surface area contributed by atoms with E-state index in [2.05, 4.69) is 20.9 Å². The Morgan fingerprint density at radius 2 is 2.05 bits per heavy atom. The Bertz CT molecular complexity index is 800. The zero-order valence-electron chi connectivity index (χ0n) is 12.2. The summed E-state index contributed by atoms with van der Waals surface area (Å²) in [5.41, 5.74) is 2.61. The van der Waals surface area contributed by atoms with Gasteiger partial charge in [0.2, 0.25) is 0 Å². The lowest BCUT2D eigenvalue weighted by Crippen LogP contribution is -1.97. The van der Waals surface area contributed by atoms with Crippen LogP contribution in [0.3, 0.4) is 0 Å². The fourth-order valence-electron chi connectivity index (χ4n) is 2.16. The number of ether oxygens (including phenoxy) is 2. The minimum Gasteiger partial charge on any atom is -0.494 e. The molecule has 2 aromatic heterocycles. The number of fused-ring (bicyclic) bond motifs is 1. The van der Waals surface area contributed by atoms with Crippen molar-refractivity contribution in [2.75, 3.05) is 13.2 Å². The molecule has 5 heteroatoms. The van der Waals surface area contributed by atoms with E-state index in [4.69, 9.17) is 15.9 Å². The van der Waals surface area contributed by atoms with Crippen molar-refractivity contribution < 1.29 is 9.47 Å². The number of benzene rings is 1. The van der Waals surface area contributed by atoms with Crippen LogP contribution >= 0.6 is 0 Å². The summed E-state index contributed by atoms with van der Waals surface area (Å²) >= 11 is 0. The number of imidazole rings is 1. The molecule has 1 aromatic carbocycles. The van der Waals surface area contributed by atoms with E-state index in [0.29, 0.717) is 18.1 Å². The van der Waals surface area contributed by atoms with Crippen molar-refractivity contribution in [1.82, 2.24) is 15.0 Å². The molecule has 5 nitrogen and oxygen atoms in total. The van der Waals surface area contributed by atoms with Crippen LogP contribution in [0.2, 0.25) is 0 Å². The van der Waals surface area contributed by atoms with E-state index in [1.54, 1.807) is 12.4 Å². The number of nitrogens with one attached hydrogen (secondary N) is 1. The first-order valence-electron chi connectivity index (χ1n) is 6.94. The van der Waals surface area contributed by atoms with Crippen molar-refractivity contribution in [1.29, 1.82) is 0 Å². The molecule has 0 bridgehead atoms. The van der Waals surface area contributed by atoms with Crippen LogP contribution in [0.15, 0.2) is 36.7 Å². The smallest absolute Gasteiger partial charge is 0.148 e. The first kappa shape index (κ1) is 14.0. The average molecular weight is 293 g/mol. The maximum Gasteiger partial charge on any atom is 0.148 e. The Hall–Kier alpha value is -3.00. The second kappa shape index (κ2) is 6.19. The average Bonchev–Trinajstić information content (AvgIpc) is 2.97. The summed E-state index contributed by atoms with van der Waals surface area (Å²) in [4.78, 5) is 11.9. The van der Waals surface area contributed by atoms with Crippen molar-refractivity contribution in [2.45, 2.75) is 6.92 Å². The normalized spacial score (nSPS) is 10.4. The summed E-state index contributed by atoms with van der Waals surface area (Å²) in [7, 11) is 0. The number of aromatic nitrogens is 3. The Balaban J connectivity index is 2.03. The van der Waals surface area contributed by atoms with Crippen molar-refractivity contribution in [3.05, 3.63) is 36.7 Å². The lowest BCUT2D eigenvalue weighted by molar-refractivity contribution is 0.332. The molecule has 3 aromatic rings. The number of rotatable bonds is 5. The third kappa shape index (κ3) is 2.86. The summed E-state index contributed by atoms with van der Waals surface area (Å²) in [6.45, 7) is 2.71. The highest BCUT2D eigenvalue weighted by atomic mass is 16.5. The van der Waals surface area contributed by atoms with E-state index in [9.17, 15) is 0 Å². The molecule has 0 unspecified atom stereocenters. The number of nitrogens with zero attached hydrogens (tertiary/aromatic N) is 2. The van der Waals surface area contributed by atoms with E-state index in [-0.39, 0.29) is 6.61 Å². The summed E-state index contributed by atoms with van der Waals surface area (Å²) in [5.74, 6) is 4.55. The van der Waals surface area contributed by atoms with Gasteiger partial charge in [0, 0.05) is 17.8 Å². The van der Waals surface area contributed by atoms with Crippen molar-refractivity contribution in [2.24, 2.45) is 0 Å². The molecule has 110 valence electrons. The fourth-order valence-corrected chi connectivity index (χ4v) is 2.16. The molecule has 0 saturated heterocycles. The molecule has 0 saturated carbocycles. The largest absolute Gasteiger partial charge is 0.494 e. The van der Waals surface area contributed by atoms with E-state index in [1.807, 2.05) is 31.2 Å². The summed E-state index contributed by atoms with van der Waals surface area (Å²) in [6.07, 6.45) is 8.70. The van der Waals surface area contributed by atoms with Crippen LogP contribution < -0.4 is 9.47 Å². The number of hydrogen-bond acceptors (Lipinski definition) is 4. The molecule has 3 rings (SSSR count). The molecule has 0 aliphatic heterocycles. The molecule has 22 heavy (non-hydrogen) atoms. The standard InChI is InChI=1S/C17H15N3O2/c1-3-7-22-14-9-12(8-13(10-14)21-4-2)17-19-15-5-6-18-11-16(15)20-17/h1,5-6,8-11H,4,7H2,2H3,(H,19,20). The van der Waals surface area contributed by atoms with Crippen LogP contribution in [-0.4, -0.2) is 28.2 Å². The lowest BCUT2D eigenvalue weighted by atomic mass is 10.2. The zero-order valence-corrected chi connectivity index (χ0v) is 12.2. The zero-order chi connectivity index (χ0) is 15.4. The predicted octanol–water partition coefficient (Wildman–Crippen LogP) is 3.04. The summed E-state index contributed by atoms with van der Waals surface area (Å²) < 4.78 is 11.1. The number of pyridine rings is 1. The van der Waals surface area contributed by atoms with Crippen molar-refractivity contribution >= 4 is 11.0 Å². The van der Waals surface area contributed by atoms with E-state index < -0.39 is 0 Å². The summed E-state index contributed by atoms with van der Waals surface area (Å²) in [5, 5.41) is 0. The maximum atomic E-state index is 5.58. The Kier molecular flexibility index (Phi) is 3.92. The van der Waals surface area contributed by atoms with E-state index in [0.717, 1.165) is 22.4 Å². The predicted molar refractivity (Wildman–Crippen MR) is 84.8 cm³/mol. The van der Waals surface area contributed by atoms with Gasteiger partial charge in [-0.05, 0) is 25.1 Å². The third-order valence-electron chi connectivity index (χ3n) is 3.07. The van der Waals surface area contributed by atoms with Gasteiger partial charge >= 0.3 is 0 Å². The Morgan fingerprint density at radius 1 is 1.23 bits per heavy atom. The van der Waals surface area contributed by atoms with Gasteiger partial charge in [-0.1, -0.05) is 5.92 Å². The van der Waals surface area contributed by atoms with E-state index in [1.165, 1.54) is 0 Å². The minimum absolute atomic E-state index is 0.207. The van der Waals surface area contributed by atoms with Crippen molar-refractivity contribution in [3.63, 3.8) is 0 Å². The Labute approximate surface area is 128 Å². The highest BCUT2D eigenvalue weighted by Crippen LogP contribution is 2.29. The number of aromatic amines is 1. The topological polar surface area (TPSA) is 60.0 Å². The fraction of sp³-hybridized carbons (Fsp3) is 0.176. The first-order chi connectivity index (χ1) is 10.8. The molecular weight excluding hydrogens is 278 g/mol. The minimum atomic E-state index is 0.207. The number of H-pyrrole nitrogens is 1. The third-order valence-corrected chi connectivity index (χ3v) is 3.07. The van der Waals surface area contributed by atoms with Crippen LogP contribution in [0.4, 0.5) is 0 Å². The lowest BCUT2D eigenvalue weighted by Gasteiger charge is -2.09. The second-order valence-corrected chi connectivity index (χ2v) is 4.60. The highest BCUT2D eigenvalue weighted by molar-refractivity contribution is 5.78. The van der Waals surface area contributed by atoms with Gasteiger partial charge in [0.25, 0.3) is 0 Å². The van der Waals surface area contributed by atoms with Crippen LogP contribution in [-0.2, 0) is 0 Å². The van der Waals surface area contributed by atoms with Gasteiger partial charge in [-0.3, -0.25) is 4.98 Å². The van der Waals surface area contributed by atoms with Gasteiger partial charge in [-0.25, -0.2) is 4.98 Å². The monoisotopic (exact) mass is 293 g/mol. The quantitative estimate of drug-likeness (QED) is 0.735. The molecule has 0 amide bonds. The van der Waals surface area contributed by atoms with Gasteiger partial charge in [-0.15, -0.1) is 6.42 Å². The Morgan fingerprint density at radius 3 is 2.77 bits per heavy atom. The van der Waals surface area contributed by atoms with Crippen LogP contribution in [0, 0.1) is 12.3 Å². The molecule has 0 atom stereocenters. The maximum absolute atomic E-state index is 5.58. The second-order valence-electron chi connectivity index (χ2n) is 4.60. The SMILES string of the molecule is C#CCOc1cc(OCC)cc(-c2nc3ccncc3[nH]2)c1.